The summed E-state index contributed by atoms with van der Waals surface area (Å²) in [6.45, 7) is 7.22. The van der Waals surface area contributed by atoms with E-state index in [0.717, 1.165) is 23.9 Å². The Labute approximate surface area is 91.2 Å². The standard InChI is InChI=1S/C12H20N2O/c1-8-5-4-6-12(8)13-7-11-9(2)14-15-10(11)3/h8,12-13H,4-7H2,1-3H3/t8-,12-/m0/s1. The summed E-state index contributed by atoms with van der Waals surface area (Å²) in [4.78, 5) is 0. The molecule has 1 saturated carbocycles. The molecule has 0 amide bonds. The minimum Gasteiger partial charge on any atom is -0.361 e. The Morgan fingerprint density at radius 3 is 2.73 bits per heavy atom. The van der Waals surface area contributed by atoms with E-state index < -0.39 is 0 Å². The summed E-state index contributed by atoms with van der Waals surface area (Å²) in [5.41, 5.74) is 2.25. The fraction of sp³-hybridized carbons (Fsp3) is 0.750. The van der Waals surface area contributed by atoms with Gasteiger partial charge in [-0.3, -0.25) is 0 Å². The van der Waals surface area contributed by atoms with Gasteiger partial charge in [-0.2, -0.15) is 0 Å². The molecule has 15 heavy (non-hydrogen) atoms. The number of nitrogens with zero attached hydrogens (tertiary/aromatic N) is 1. The van der Waals surface area contributed by atoms with Gasteiger partial charge in [0.2, 0.25) is 0 Å². The highest BCUT2D eigenvalue weighted by Crippen LogP contribution is 2.25. The van der Waals surface area contributed by atoms with Gasteiger partial charge >= 0.3 is 0 Å². The third-order valence-corrected chi connectivity index (χ3v) is 3.58. The third kappa shape index (κ3) is 2.23. The predicted molar refractivity (Wildman–Crippen MR) is 59.6 cm³/mol. The maximum atomic E-state index is 5.15. The second kappa shape index (κ2) is 4.35. The molecule has 1 N–H and O–H groups in total. The van der Waals surface area contributed by atoms with Gasteiger partial charge in [-0.1, -0.05) is 18.5 Å². The normalized spacial score (nSPS) is 26.1. The van der Waals surface area contributed by atoms with Crippen molar-refractivity contribution in [2.24, 2.45) is 5.92 Å². The van der Waals surface area contributed by atoms with Gasteiger partial charge < -0.3 is 9.84 Å². The van der Waals surface area contributed by atoms with Gasteiger partial charge in [0.05, 0.1) is 5.69 Å². The first kappa shape index (κ1) is 10.7. The van der Waals surface area contributed by atoms with E-state index in [4.69, 9.17) is 4.52 Å². The second-order valence-electron chi connectivity index (χ2n) is 4.70. The summed E-state index contributed by atoms with van der Waals surface area (Å²) >= 11 is 0. The van der Waals surface area contributed by atoms with Crippen LogP contribution >= 0.6 is 0 Å². The molecular formula is C12H20N2O. The van der Waals surface area contributed by atoms with Crippen LogP contribution in [0, 0.1) is 19.8 Å². The largest absolute Gasteiger partial charge is 0.361 e. The Morgan fingerprint density at radius 1 is 1.40 bits per heavy atom. The molecular weight excluding hydrogens is 188 g/mol. The van der Waals surface area contributed by atoms with Gasteiger partial charge in [0.15, 0.2) is 0 Å². The maximum Gasteiger partial charge on any atom is 0.138 e. The first-order valence-electron chi connectivity index (χ1n) is 5.83. The van der Waals surface area contributed by atoms with E-state index in [1.165, 1.54) is 24.8 Å². The number of aromatic nitrogens is 1. The molecule has 1 aromatic rings. The van der Waals surface area contributed by atoms with Gasteiger partial charge in [0, 0.05) is 18.2 Å². The van der Waals surface area contributed by atoms with Crippen LogP contribution in [0.1, 0.15) is 43.2 Å². The van der Waals surface area contributed by atoms with Crippen LogP contribution in [0.15, 0.2) is 4.52 Å². The monoisotopic (exact) mass is 208 g/mol. The van der Waals surface area contributed by atoms with Gasteiger partial charge in [-0.05, 0) is 32.6 Å². The Bertz CT molecular complexity index is 313. The van der Waals surface area contributed by atoms with E-state index in [1.54, 1.807) is 0 Å². The fourth-order valence-electron chi connectivity index (χ4n) is 2.44. The maximum absolute atomic E-state index is 5.15. The van der Waals surface area contributed by atoms with Crippen molar-refractivity contribution in [2.75, 3.05) is 0 Å². The predicted octanol–water partition coefficient (Wildman–Crippen LogP) is 2.57. The molecule has 1 aromatic heterocycles. The fourth-order valence-corrected chi connectivity index (χ4v) is 2.44. The highest BCUT2D eigenvalue weighted by atomic mass is 16.5. The van der Waals surface area contributed by atoms with E-state index in [9.17, 15) is 0 Å². The second-order valence-corrected chi connectivity index (χ2v) is 4.70. The highest BCUT2D eigenvalue weighted by molar-refractivity contribution is 5.20. The molecule has 0 spiro atoms. The zero-order valence-corrected chi connectivity index (χ0v) is 9.84. The van der Waals surface area contributed by atoms with Crippen LogP contribution in [-0.4, -0.2) is 11.2 Å². The Hall–Kier alpha value is -0.830. The lowest BCUT2D eigenvalue weighted by molar-refractivity contribution is 0.389. The summed E-state index contributed by atoms with van der Waals surface area (Å²) < 4.78 is 5.15. The molecule has 2 rings (SSSR count). The van der Waals surface area contributed by atoms with E-state index >= 15 is 0 Å². The van der Waals surface area contributed by atoms with Crippen LogP contribution in [0.4, 0.5) is 0 Å². The number of nitrogens with one attached hydrogen (secondary N) is 1. The molecule has 0 aliphatic heterocycles. The van der Waals surface area contributed by atoms with Crippen molar-refractivity contribution >= 4 is 0 Å². The molecule has 1 fully saturated rings. The van der Waals surface area contributed by atoms with Crippen LogP contribution in [-0.2, 0) is 6.54 Å². The van der Waals surface area contributed by atoms with Gasteiger partial charge in [0.1, 0.15) is 5.76 Å². The molecule has 0 radical (unpaired) electrons. The quantitative estimate of drug-likeness (QED) is 0.829. The van der Waals surface area contributed by atoms with Crippen LogP contribution in [0.25, 0.3) is 0 Å². The lowest BCUT2D eigenvalue weighted by atomic mass is 10.1. The van der Waals surface area contributed by atoms with Crippen LogP contribution in [0.5, 0.6) is 0 Å². The summed E-state index contributed by atoms with van der Waals surface area (Å²) in [5.74, 6) is 1.76. The Kier molecular flexibility index (Phi) is 3.10. The Morgan fingerprint density at radius 2 is 2.20 bits per heavy atom. The molecule has 84 valence electrons. The summed E-state index contributed by atoms with van der Waals surface area (Å²) in [6, 6.07) is 0.679. The van der Waals surface area contributed by atoms with E-state index in [-0.39, 0.29) is 0 Å². The smallest absolute Gasteiger partial charge is 0.138 e. The summed E-state index contributed by atoms with van der Waals surface area (Å²) in [7, 11) is 0. The van der Waals surface area contributed by atoms with Crippen LogP contribution < -0.4 is 5.32 Å². The van der Waals surface area contributed by atoms with Gasteiger partial charge in [-0.15, -0.1) is 0 Å². The van der Waals surface area contributed by atoms with Crippen molar-refractivity contribution in [2.45, 2.75) is 52.6 Å². The molecule has 3 heteroatoms. The van der Waals surface area contributed by atoms with Crippen molar-refractivity contribution in [1.29, 1.82) is 0 Å². The zero-order chi connectivity index (χ0) is 10.8. The van der Waals surface area contributed by atoms with Crippen molar-refractivity contribution in [3.63, 3.8) is 0 Å². The molecule has 1 aliphatic carbocycles. The van der Waals surface area contributed by atoms with Crippen molar-refractivity contribution in [3.8, 4) is 0 Å². The molecule has 0 saturated heterocycles. The molecule has 1 aliphatic rings. The van der Waals surface area contributed by atoms with E-state index in [1.807, 2.05) is 13.8 Å². The lowest BCUT2D eigenvalue weighted by Crippen LogP contribution is -2.30. The molecule has 0 unspecified atom stereocenters. The minimum atomic E-state index is 0.679. The number of hydrogen-bond acceptors (Lipinski definition) is 3. The summed E-state index contributed by atoms with van der Waals surface area (Å²) in [5, 5.41) is 7.58. The zero-order valence-electron chi connectivity index (χ0n) is 9.84. The van der Waals surface area contributed by atoms with Crippen molar-refractivity contribution < 1.29 is 4.52 Å². The molecule has 0 bridgehead atoms. The topological polar surface area (TPSA) is 38.1 Å². The number of aryl methyl sites for hydroxylation is 2. The third-order valence-electron chi connectivity index (χ3n) is 3.58. The molecule has 0 aromatic carbocycles. The Balaban J connectivity index is 1.93. The van der Waals surface area contributed by atoms with E-state index in [2.05, 4.69) is 17.4 Å². The van der Waals surface area contributed by atoms with Crippen molar-refractivity contribution in [1.82, 2.24) is 10.5 Å². The minimum absolute atomic E-state index is 0.679. The SMILES string of the molecule is Cc1noc(C)c1CN[C@H]1CCC[C@@H]1C. The first-order chi connectivity index (χ1) is 7.18. The van der Waals surface area contributed by atoms with Gasteiger partial charge in [-0.25, -0.2) is 0 Å². The van der Waals surface area contributed by atoms with Gasteiger partial charge in [0.25, 0.3) is 0 Å². The average Bonchev–Trinajstić information content (AvgIpc) is 2.73. The average molecular weight is 208 g/mol. The molecule has 3 nitrogen and oxygen atoms in total. The summed E-state index contributed by atoms with van der Waals surface area (Å²) in [6.07, 6.45) is 4.03. The van der Waals surface area contributed by atoms with E-state index in [0.29, 0.717) is 6.04 Å². The number of rotatable bonds is 3. The highest BCUT2D eigenvalue weighted by Gasteiger charge is 2.23. The molecule has 1 heterocycles. The van der Waals surface area contributed by atoms with Crippen molar-refractivity contribution in [3.05, 3.63) is 17.0 Å². The first-order valence-corrected chi connectivity index (χ1v) is 5.83. The van der Waals surface area contributed by atoms with Crippen LogP contribution in [0.3, 0.4) is 0 Å². The molecule has 2 atom stereocenters. The number of hydrogen-bond donors (Lipinski definition) is 1. The lowest BCUT2D eigenvalue weighted by Gasteiger charge is -2.16. The van der Waals surface area contributed by atoms with Crippen LogP contribution in [0.2, 0.25) is 0 Å².